The first-order chi connectivity index (χ1) is 3.31. The SMILES string of the molecule is COCC(C)[O][Ti+3].[Cl-].[Cl-].[Cl-]. The van der Waals surface area contributed by atoms with Crippen LogP contribution in [-0.4, -0.2) is 19.8 Å². The fourth-order valence-corrected chi connectivity index (χ4v) is 0.375. The van der Waals surface area contributed by atoms with Crippen molar-refractivity contribution < 1.29 is 66.1 Å². The minimum atomic E-state index is 0. The van der Waals surface area contributed by atoms with Gasteiger partial charge in [-0.05, 0) is 0 Å². The third-order valence-electron chi connectivity index (χ3n) is 0.603. The van der Waals surface area contributed by atoms with E-state index >= 15 is 0 Å². The van der Waals surface area contributed by atoms with E-state index in [2.05, 4.69) is 0 Å². The average molecular weight is 243 g/mol. The van der Waals surface area contributed by atoms with E-state index in [1.807, 2.05) is 6.92 Å². The van der Waals surface area contributed by atoms with Gasteiger partial charge in [-0.3, -0.25) is 0 Å². The van der Waals surface area contributed by atoms with Crippen LogP contribution in [0.4, 0.5) is 0 Å². The summed E-state index contributed by atoms with van der Waals surface area (Å²) < 4.78 is 9.64. The van der Waals surface area contributed by atoms with Crippen LogP contribution in [0.25, 0.3) is 0 Å². The number of rotatable bonds is 3. The van der Waals surface area contributed by atoms with Gasteiger partial charge in [-0.2, -0.15) is 0 Å². The van der Waals surface area contributed by atoms with Crippen LogP contribution in [-0.2, 0) is 28.9 Å². The Morgan fingerprint density at radius 3 is 1.80 bits per heavy atom. The van der Waals surface area contributed by atoms with E-state index in [1.165, 1.54) is 0 Å². The number of halogens is 3. The molecular weight excluding hydrogens is 234 g/mol. The molecule has 0 amide bonds. The molecule has 6 heteroatoms. The quantitative estimate of drug-likeness (QED) is 0.459. The first kappa shape index (κ1) is 22.5. The van der Waals surface area contributed by atoms with Gasteiger partial charge >= 0.3 is 55.6 Å². The average Bonchev–Trinajstić information content (AvgIpc) is 1.68. The molecule has 0 saturated heterocycles. The van der Waals surface area contributed by atoms with Gasteiger partial charge in [0, 0.05) is 0 Å². The molecule has 0 heterocycles. The Labute approximate surface area is 92.5 Å². The van der Waals surface area contributed by atoms with E-state index in [4.69, 9.17) is 8.06 Å². The molecule has 0 fully saturated rings. The third-order valence-corrected chi connectivity index (χ3v) is 1.23. The van der Waals surface area contributed by atoms with Gasteiger partial charge in [0.05, 0.1) is 0 Å². The smallest absolute Gasteiger partial charge is 1.00 e. The van der Waals surface area contributed by atoms with E-state index in [-0.39, 0.29) is 43.3 Å². The van der Waals surface area contributed by atoms with Gasteiger partial charge in [-0.25, -0.2) is 0 Å². The molecule has 0 N–H and O–H groups in total. The molecule has 0 bridgehead atoms. The monoisotopic (exact) mass is 242 g/mol. The molecule has 0 rings (SSSR count). The zero-order valence-corrected chi connectivity index (χ0v) is 9.56. The maximum Gasteiger partial charge on any atom is -1.00 e. The molecule has 0 aliphatic rings. The van der Waals surface area contributed by atoms with Crippen LogP contribution in [0, 0.1) is 0 Å². The standard InChI is InChI=1S/C4H9O2.3ClH.Ti/c1-4(5)3-6-2;;;;/h4H,3H2,1-2H3;3*1H;/q-1;;;;+4/p-3. The second kappa shape index (κ2) is 16.8. The van der Waals surface area contributed by atoms with E-state index in [9.17, 15) is 0 Å². The molecule has 2 nitrogen and oxygen atoms in total. The normalized spacial score (nSPS) is 10.0. The zero-order valence-electron chi connectivity index (χ0n) is 5.73. The second-order valence-corrected chi connectivity index (χ2v) is 1.75. The molecule has 0 aliphatic heterocycles. The molecular formula is C4H9Cl3O2Ti. The van der Waals surface area contributed by atoms with Crippen molar-refractivity contribution in [3.8, 4) is 0 Å². The topological polar surface area (TPSA) is 18.5 Å². The maximum atomic E-state index is 4.87. The molecule has 10 heavy (non-hydrogen) atoms. The molecule has 0 radical (unpaired) electrons. The predicted octanol–water partition coefficient (Wildman–Crippen LogP) is -8.49. The van der Waals surface area contributed by atoms with Crippen LogP contribution in [0.15, 0.2) is 0 Å². The van der Waals surface area contributed by atoms with Crippen molar-refractivity contribution in [2.24, 2.45) is 0 Å². The van der Waals surface area contributed by atoms with Crippen molar-refractivity contribution in [3.63, 3.8) is 0 Å². The van der Waals surface area contributed by atoms with E-state index in [1.54, 1.807) is 27.9 Å². The molecule has 1 atom stereocenters. The summed E-state index contributed by atoms with van der Waals surface area (Å²) in [6.07, 6.45) is 0.227. The number of hydrogen-bond acceptors (Lipinski definition) is 2. The van der Waals surface area contributed by atoms with Crippen molar-refractivity contribution in [2.75, 3.05) is 13.7 Å². The molecule has 0 saturated carbocycles. The van der Waals surface area contributed by atoms with Crippen LogP contribution in [0.5, 0.6) is 0 Å². The van der Waals surface area contributed by atoms with Crippen LogP contribution in [0.2, 0.25) is 0 Å². The summed E-state index contributed by atoms with van der Waals surface area (Å²) in [5.74, 6) is 0. The van der Waals surface area contributed by atoms with E-state index in [0.29, 0.717) is 6.61 Å². The Hall–Kier alpha value is 1.50. The number of hydrogen-bond donors (Lipinski definition) is 0. The molecule has 1 unspecified atom stereocenters. The van der Waals surface area contributed by atoms with Crippen LogP contribution in [0.3, 0.4) is 0 Å². The molecule has 0 spiro atoms. The maximum absolute atomic E-state index is 4.87. The fourth-order valence-electron chi connectivity index (χ4n) is 0.269. The Balaban J connectivity index is -0.0000000600. The Kier molecular flexibility index (Phi) is 38.0. The third kappa shape index (κ3) is 16.2. The van der Waals surface area contributed by atoms with Crippen molar-refractivity contribution in [2.45, 2.75) is 13.0 Å². The number of ether oxygens (including phenoxy) is 1. The van der Waals surface area contributed by atoms with Gasteiger partial charge < -0.3 is 37.2 Å². The van der Waals surface area contributed by atoms with Gasteiger partial charge in [-0.1, -0.05) is 0 Å². The van der Waals surface area contributed by atoms with Crippen LogP contribution < -0.4 is 37.2 Å². The fraction of sp³-hybridized carbons (Fsp3) is 1.00. The minimum absolute atomic E-state index is 0. The van der Waals surface area contributed by atoms with Crippen LogP contribution in [0.1, 0.15) is 6.92 Å². The molecule has 0 aromatic carbocycles. The summed E-state index contributed by atoms with van der Waals surface area (Å²) in [5, 5.41) is 0. The largest absolute Gasteiger partial charge is 1.00 e. The van der Waals surface area contributed by atoms with E-state index < -0.39 is 0 Å². The van der Waals surface area contributed by atoms with Crippen molar-refractivity contribution in [1.29, 1.82) is 0 Å². The van der Waals surface area contributed by atoms with Crippen LogP contribution >= 0.6 is 0 Å². The Bertz CT molecular complexity index is 49.5. The molecule has 62 valence electrons. The summed E-state index contributed by atoms with van der Waals surface area (Å²) in [6.45, 7) is 2.64. The van der Waals surface area contributed by atoms with Gasteiger partial charge in [0.25, 0.3) is 0 Å². The zero-order chi connectivity index (χ0) is 5.70. The number of methoxy groups -OCH3 is 1. The first-order valence-electron chi connectivity index (χ1n) is 2.12. The van der Waals surface area contributed by atoms with E-state index in [0.717, 1.165) is 0 Å². The molecule has 0 aromatic rings. The van der Waals surface area contributed by atoms with Gasteiger partial charge in [0.1, 0.15) is 0 Å². The first-order valence-corrected chi connectivity index (χ1v) is 2.76. The van der Waals surface area contributed by atoms with Gasteiger partial charge in [0.2, 0.25) is 0 Å². The summed E-state index contributed by atoms with van der Waals surface area (Å²) in [7, 11) is 1.66. The second-order valence-electron chi connectivity index (χ2n) is 1.38. The van der Waals surface area contributed by atoms with Crippen molar-refractivity contribution in [3.05, 3.63) is 0 Å². The summed E-state index contributed by atoms with van der Waals surface area (Å²) >= 11 is 1.67. The van der Waals surface area contributed by atoms with Crippen molar-refractivity contribution in [1.82, 2.24) is 0 Å². The Morgan fingerprint density at radius 2 is 1.70 bits per heavy atom. The minimum Gasteiger partial charge on any atom is -1.00 e. The van der Waals surface area contributed by atoms with Crippen molar-refractivity contribution >= 4 is 0 Å². The Morgan fingerprint density at radius 1 is 1.30 bits per heavy atom. The van der Waals surface area contributed by atoms with Gasteiger partial charge in [-0.15, -0.1) is 0 Å². The predicted molar refractivity (Wildman–Crippen MR) is 22.4 cm³/mol. The summed E-state index contributed by atoms with van der Waals surface area (Å²) in [5.41, 5.74) is 0. The summed E-state index contributed by atoms with van der Waals surface area (Å²) in [4.78, 5) is 0. The van der Waals surface area contributed by atoms with Gasteiger partial charge in [0.15, 0.2) is 0 Å². The molecule has 0 aromatic heterocycles. The summed E-state index contributed by atoms with van der Waals surface area (Å²) in [6, 6.07) is 0. The molecule has 0 aliphatic carbocycles.